The molecule has 0 radical (unpaired) electrons. The second-order valence-corrected chi connectivity index (χ2v) is 5.47. The summed E-state index contributed by atoms with van der Waals surface area (Å²) in [5.41, 5.74) is 8.38. The molecule has 3 rings (SSSR count). The van der Waals surface area contributed by atoms with Gasteiger partial charge in [0.1, 0.15) is 5.65 Å². The third-order valence-corrected chi connectivity index (χ3v) is 4.08. The number of hydrogen-bond donors (Lipinski definition) is 1. The van der Waals surface area contributed by atoms with E-state index in [-0.39, 0.29) is 18.0 Å². The van der Waals surface area contributed by atoms with Crippen molar-refractivity contribution in [2.24, 2.45) is 5.73 Å². The first-order valence-corrected chi connectivity index (χ1v) is 7.11. The molecule has 0 saturated carbocycles. The van der Waals surface area contributed by atoms with Crippen LogP contribution in [0.4, 0.5) is 0 Å². The molecule has 1 saturated heterocycles. The molecular weight excluding hydrogens is 288 g/mol. The van der Waals surface area contributed by atoms with E-state index in [1.165, 1.54) is 6.42 Å². The zero-order chi connectivity index (χ0) is 14.1. The van der Waals surface area contributed by atoms with Crippen LogP contribution < -0.4 is 11.3 Å². The van der Waals surface area contributed by atoms with E-state index in [4.69, 9.17) is 5.73 Å². The van der Waals surface area contributed by atoms with Gasteiger partial charge in [0.2, 0.25) is 0 Å². The van der Waals surface area contributed by atoms with Crippen LogP contribution in [0.2, 0.25) is 0 Å². The normalized spacial score (nSPS) is 18.9. The van der Waals surface area contributed by atoms with E-state index in [9.17, 15) is 4.79 Å². The van der Waals surface area contributed by atoms with Crippen molar-refractivity contribution in [3.05, 3.63) is 46.0 Å². The van der Waals surface area contributed by atoms with Crippen LogP contribution in [0.25, 0.3) is 5.65 Å². The first kappa shape index (κ1) is 15.9. The number of aromatic nitrogens is 2. The highest BCUT2D eigenvalue weighted by atomic mass is 35.5. The molecule has 0 spiro atoms. The molecule has 6 heteroatoms. The number of halogens is 1. The molecule has 1 atom stereocenters. The number of fused-ring (bicyclic) bond motifs is 1. The Hall–Kier alpha value is -1.43. The first-order chi connectivity index (χ1) is 9.69. The summed E-state index contributed by atoms with van der Waals surface area (Å²) in [6.45, 7) is 4.40. The Bertz CT molecular complexity index is 685. The third-order valence-electron chi connectivity index (χ3n) is 4.08. The van der Waals surface area contributed by atoms with E-state index < -0.39 is 0 Å². The fourth-order valence-corrected chi connectivity index (χ4v) is 2.97. The molecule has 0 bridgehead atoms. The number of aryl methyl sites for hydroxylation is 1. The highest BCUT2D eigenvalue weighted by Crippen LogP contribution is 2.18. The molecule has 3 heterocycles. The summed E-state index contributed by atoms with van der Waals surface area (Å²) in [6, 6.07) is 5.91. The second kappa shape index (κ2) is 6.56. The molecule has 0 amide bonds. The summed E-state index contributed by atoms with van der Waals surface area (Å²) in [7, 11) is 0. The summed E-state index contributed by atoms with van der Waals surface area (Å²) >= 11 is 0. The minimum atomic E-state index is -0.0165. The number of nitrogens with zero attached hydrogens (tertiary/aromatic N) is 3. The number of nitrogens with two attached hydrogens (primary N) is 1. The molecule has 0 aliphatic carbocycles. The smallest absolute Gasteiger partial charge is 0.258 e. The molecule has 2 aromatic rings. The summed E-state index contributed by atoms with van der Waals surface area (Å²) in [4.78, 5) is 19.1. The maximum Gasteiger partial charge on any atom is 0.258 e. The van der Waals surface area contributed by atoms with Gasteiger partial charge in [-0.1, -0.05) is 6.07 Å². The third kappa shape index (κ3) is 3.10. The fourth-order valence-electron chi connectivity index (χ4n) is 2.97. The van der Waals surface area contributed by atoms with Gasteiger partial charge in [-0.3, -0.25) is 14.1 Å². The van der Waals surface area contributed by atoms with Gasteiger partial charge in [0.15, 0.2) is 0 Å². The summed E-state index contributed by atoms with van der Waals surface area (Å²) < 4.78 is 1.60. The van der Waals surface area contributed by atoms with Crippen molar-refractivity contribution in [1.29, 1.82) is 0 Å². The second-order valence-electron chi connectivity index (χ2n) is 5.47. The van der Waals surface area contributed by atoms with Gasteiger partial charge in [-0.2, -0.15) is 0 Å². The lowest BCUT2D eigenvalue weighted by molar-refractivity contribution is 0.247. The predicted molar refractivity (Wildman–Crippen MR) is 85.9 cm³/mol. The molecular formula is C15H21ClN4O. The standard InChI is InChI=1S/C15H20N4O.ClH/c1-11-4-2-7-19-14(20)8-12(17-15(11)19)10-18-6-3-5-13(18)9-16;/h2,4,7-8,13H,3,5-6,9-10,16H2,1H3;1H. The van der Waals surface area contributed by atoms with Crippen molar-refractivity contribution < 1.29 is 0 Å². The van der Waals surface area contributed by atoms with Crippen LogP contribution in [0.5, 0.6) is 0 Å². The lowest BCUT2D eigenvalue weighted by atomic mass is 10.2. The van der Waals surface area contributed by atoms with Gasteiger partial charge < -0.3 is 5.73 Å². The van der Waals surface area contributed by atoms with Crippen LogP contribution >= 0.6 is 12.4 Å². The fraction of sp³-hybridized carbons (Fsp3) is 0.467. The SMILES string of the molecule is Cc1cccn2c(=O)cc(CN3CCCC3CN)nc12.Cl. The Labute approximate surface area is 130 Å². The molecule has 1 aliphatic rings. The minimum absolute atomic E-state index is 0. The van der Waals surface area contributed by atoms with E-state index in [0.29, 0.717) is 19.1 Å². The molecule has 0 aromatic carbocycles. The van der Waals surface area contributed by atoms with Crippen LogP contribution in [0.1, 0.15) is 24.1 Å². The van der Waals surface area contributed by atoms with E-state index in [0.717, 1.165) is 29.9 Å². The zero-order valence-corrected chi connectivity index (χ0v) is 13.0. The predicted octanol–water partition coefficient (Wildman–Crippen LogP) is 1.35. The lowest BCUT2D eigenvalue weighted by Crippen LogP contribution is -2.35. The van der Waals surface area contributed by atoms with Crippen molar-refractivity contribution in [1.82, 2.24) is 14.3 Å². The van der Waals surface area contributed by atoms with Crippen LogP contribution in [-0.4, -0.2) is 33.4 Å². The van der Waals surface area contributed by atoms with Gasteiger partial charge in [0, 0.05) is 31.4 Å². The Morgan fingerprint density at radius 3 is 3.05 bits per heavy atom. The molecule has 1 fully saturated rings. The largest absolute Gasteiger partial charge is 0.329 e. The Kier molecular flexibility index (Phi) is 4.98. The van der Waals surface area contributed by atoms with Crippen molar-refractivity contribution in [3.8, 4) is 0 Å². The Balaban J connectivity index is 0.00000161. The number of likely N-dealkylation sites (tertiary alicyclic amines) is 1. The van der Waals surface area contributed by atoms with Crippen molar-refractivity contribution in [3.63, 3.8) is 0 Å². The molecule has 1 unspecified atom stereocenters. The van der Waals surface area contributed by atoms with E-state index >= 15 is 0 Å². The van der Waals surface area contributed by atoms with Crippen LogP contribution in [-0.2, 0) is 6.54 Å². The van der Waals surface area contributed by atoms with Gasteiger partial charge in [0.05, 0.1) is 5.69 Å². The molecule has 5 nitrogen and oxygen atoms in total. The summed E-state index contributed by atoms with van der Waals surface area (Å²) in [6.07, 6.45) is 4.08. The van der Waals surface area contributed by atoms with Gasteiger partial charge >= 0.3 is 0 Å². The highest BCUT2D eigenvalue weighted by molar-refractivity contribution is 5.85. The van der Waals surface area contributed by atoms with Gasteiger partial charge in [-0.15, -0.1) is 12.4 Å². The van der Waals surface area contributed by atoms with Gasteiger partial charge in [0.25, 0.3) is 5.56 Å². The van der Waals surface area contributed by atoms with Crippen molar-refractivity contribution in [2.45, 2.75) is 32.4 Å². The Morgan fingerprint density at radius 1 is 1.48 bits per heavy atom. The van der Waals surface area contributed by atoms with E-state index in [1.54, 1.807) is 16.7 Å². The average molecular weight is 309 g/mol. The Morgan fingerprint density at radius 2 is 2.29 bits per heavy atom. The molecule has 114 valence electrons. The number of pyridine rings is 1. The minimum Gasteiger partial charge on any atom is -0.329 e. The topological polar surface area (TPSA) is 63.6 Å². The first-order valence-electron chi connectivity index (χ1n) is 7.11. The van der Waals surface area contributed by atoms with E-state index in [1.807, 2.05) is 19.1 Å². The van der Waals surface area contributed by atoms with Crippen LogP contribution in [0, 0.1) is 6.92 Å². The molecule has 2 aromatic heterocycles. The number of rotatable bonds is 3. The maximum absolute atomic E-state index is 12.2. The van der Waals surface area contributed by atoms with Crippen molar-refractivity contribution in [2.75, 3.05) is 13.1 Å². The van der Waals surface area contributed by atoms with Crippen molar-refractivity contribution >= 4 is 18.1 Å². The molecule has 2 N–H and O–H groups in total. The van der Waals surface area contributed by atoms with Gasteiger partial charge in [-0.05, 0) is 37.9 Å². The highest BCUT2D eigenvalue weighted by Gasteiger charge is 2.23. The number of hydrogen-bond acceptors (Lipinski definition) is 4. The summed E-state index contributed by atoms with van der Waals surface area (Å²) in [5.74, 6) is 0. The summed E-state index contributed by atoms with van der Waals surface area (Å²) in [5, 5.41) is 0. The molecule has 21 heavy (non-hydrogen) atoms. The average Bonchev–Trinajstić information content (AvgIpc) is 2.87. The van der Waals surface area contributed by atoms with E-state index in [2.05, 4.69) is 9.88 Å². The van der Waals surface area contributed by atoms with Gasteiger partial charge in [-0.25, -0.2) is 4.98 Å². The lowest BCUT2D eigenvalue weighted by Gasteiger charge is -2.22. The molecule has 1 aliphatic heterocycles. The zero-order valence-electron chi connectivity index (χ0n) is 12.2. The quantitative estimate of drug-likeness (QED) is 0.929. The van der Waals surface area contributed by atoms with Crippen LogP contribution in [0.15, 0.2) is 29.2 Å². The monoisotopic (exact) mass is 308 g/mol. The maximum atomic E-state index is 12.2. The van der Waals surface area contributed by atoms with Crippen LogP contribution in [0.3, 0.4) is 0 Å².